The third-order valence-corrected chi connectivity index (χ3v) is 5.62. The van der Waals surface area contributed by atoms with Crippen molar-refractivity contribution in [2.45, 2.75) is 45.1 Å². The lowest BCUT2D eigenvalue weighted by Crippen LogP contribution is -2.31. The molecule has 0 aliphatic carbocycles. The van der Waals surface area contributed by atoms with Crippen molar-refractivity contribution in [2.24, 2.45) is 0 Å². The molecule has 4 heteroatoms. The molecule has 1 saturated heterocycles. The molecule has 1 aliphatic heterocycles. The lowest BCUT2D eigenvalue weighted by Gasteiger charge is -2.23. The second-order valence-electron chi connectivity index (χ2n) is 6.01. The van der Waals surface area contributed by atoms with Gasteiger partial charge in [0.1, 0.15) is 5.00 Å². The molecule has 1 atom stereocenters. The number of aromatic nitrogens is 1. The highest BCUT2D eigenvalue weighted by Crippen LogP contribution is 2.34. The van der Waals surface area contributed by atoms with Crippen LogP contribution in [0.1, 0.15) is 35.5 Å². The topological polar surface area (TPSA) is 36.4 Å². The SMILES string of the molecule is Cc1nc(CCCc2ccccc2)sc1N1CCC[C@H]1CO. The number of nitrogens with zero attached hydrogens (tertiary/aromatic N) is 2. The summed E-state index contributed by atoms with van der Waals surface area (Å²) in [5, 5.41) is 12.0. The normalized spacial score (nSPS) is 18.1. The molecule has 2 heterocycles. The first-order chi connectivity index (χ1) is 10.8. The Hall–Kier alpha value is -1.39. The van der Waals surface area contributed by atoms with Crippen LogP contribution in [0.25, 0.3) is 0 Å². The Bertz CT molecular complexity index is 596. The fourth-order valence-corrected chi connectivity index (χ4v) is 4.40. The first-order valence-electron chi connectivity index (χ1n) is 8.15. The van der Waals surface area contributed by atoms with Crippen LogP contribution >= 0.6 is 11.3 Å². The standard InChI is InChI=1S/C18H24N2OS/c1-14-18(20-12-6-10-16(20)13-21)22-17(19-14)11-5-9-15-7-3-2-4-8-15/h2-4,7-8,16,21H,5-6,9-13H2,1H3/t16-/m0/s1. The third kappa shape index (κ3) is 3.50. The van der Waals surface area contributed by atoms with Crippen LogP contribution in [0.5, 0.6) is 0 Å². The Morgan fingerprint density at radius 3 is 2.86 bits per heavy atom. The summed E-state index contributed by atoms with van der Waals surface area (Å²) in [5.74, 6) is 0. The van der Waals surface area contributed by atoms with Crippen LogP contribution in [0.3, 0.4) is 0 Å². The summed E-state index contributed by atoms with van der Waals surface area (Å²) in [6.07, 6.45) is 5.55. The molecule has 22 heavy (non-hydrogen) atoms. The molecule has 118 valence electrons. The molecule has 1 N–H and O–H groups in total. The summed E-state index contributed by atoms with van der Waals surface area (Å²) < 4.78 is 0. The van der Waals surface area contributed by atoms with E-state index in [-0.39, 0.29) is 12.6 Å². The van der Waals surface area contributed by atoms with E-state index in [4.69, 9.17) is 4.98 Å². The molecule has 0 spiro atoms. The number of thiazole rings is 1. The largest absolute Gasteiger partial charge is 0.394 e. The van der Waals surface area contributed by atoms with Gasteiger partial charge in [-0.1, -0.05) is 30.3 Å². The van der Waals surface area contributed by atoms with Gasteiger partial charge in [0.05, 0.1) is 23.4 Å². The Labute approximate surface area is 136 Å². The minimum absolute atomic E-state index is 0.251. The maximum atomic E-state index is 9.51. The number of aliphatic hydroxyl groups is 1. The maximum absolute atomic E-state index is 9.51. The zero-order valence-corrected chi connectivity index (χ0v) is 14.0. The molecular formula is C18H24N2OS. The van der Waals surface area contributed by atoms with Crippen LogP contribution in [0.2, 0.25) is 0 Å². The lowest BCUT2D eigenvalue weighted by atomic mass is 10.1. The quantitative estimate of drug-likeness (QED) is 0.885. The number of hydrogen-bond acceptors (Lipinski definition) is 4. The summed E-state index contributed by atoms with van der Waals surface area (Å²) in [7, 11) is 0. The van der Waals surface area contributed by atoms with E-state index in [9.17, 15) is 5.11 Å². The van der Waals surface area contributed by atoms with E-state index in [0.29, 0.717) is 0 Å². The van der Waals surface area contributed by atoms with Crippen LogP contribution in [0, 0.1) is 6.92 Å². The fraction of sp³-hybridized carbons (Fsp3) is 0.500. The van der Waals surface area contributed by atoms with E-state index in [0.717, 1.165) is 37.9 Å². The second kappa shape index (κ2) is 7.25. The average molecular weight is 316 g/mol. The van der Waals surface area contributed by atoms with Gasteiger partial charge in [0.25, 0.3) is 0 Å². The van der Waals surface area contributed by atoms with Crippen molar-refractivity contribution in [1.82, 2.24) is 4.98 Å². The van der Waals surface area contributed by atoms with Gasteiger partial charge in [-0.3, -0.25) is 0 Å². The van der Waals surface area contributed by atoms with Gasteiger partial charge in [-0.15, -0.1) is 11.3 Å². The molecule has 3 nitrogen and oxygen atoms in total. The van der Waals surface area contributed by atoms with E-state index in [2.05, 4.69) is 42.2 Å². The van der Waals surface area contributed by atoms with Gasteiger partial charge in [0.15, 0.2) is 0 Å². The van der Waals surface area contributed by atoms with Gasteiger partial charge in [0, 0.05) is 6.54 Å². The van der Waals surface area contributed by atoms with Gasteiger partial charge < -0.3 is 10.0 Å². The van der Waals surface area contributed by atoms with Crippen molar-refractivity contribution in [1.29, 1.82) is 0 Å². The molecular weight excluding hydrogens is 292 g/mol. The molecule has 0 amide bonds. The minimum atomic E-state index is 0.251. The van der Waals surface area contributed by atoms with Gasteiger partial charge in [-0.05, 0) is 44.6 Å². The molecule has 0 bridgehead atoms. The van der Waals surface area contributed by atoms with Crippen LogP contribution in [0.15, 0.2) is 30.3 Å². The van der Waals surface area contributed by atoms with Crippen LogP contribution in [-0.2, 0) is 12.8 Å². The zero-order valence-electron chi connectivity index (χ0n) is 13.2. The number of hydrogen-bond donors (Lipinski definition) is 1. The molecule has 0 radical (unpaired) electrons. The first kappa shape index (κ1) is 15.5. The predicted molar refractivity (Wildman–Crippen MR) is 92.8 cm³/mol. The number of anilines is 1. The van der Waals surface area contributed by atoms with Crippen molar-refractivity contribution < 1.29 is 5.11 Å². The highest BCUT2D eigenvalue weighted by molar-refractivity contribution is 7.15. The molecule has 3 rings (SSSR count). The Balaban J connectivity index is 1.60. The Morgan fingerprint density at radius 1 is 1.27 bits per heavy atom. The van der Waals surface area contributed by atoms with Gasteiger partial charge in [0.2, 0.25) is 0 Å². The predicted octanol–water partition coefficient (Wildman–Crippen LogP) is 3.59. The Kier molecular flexibility index (Phi) is 5.11. The highest BCUT2D eigenvalue weighted by atomic mass is 32.1. The van der Waals surface area contributed by atoms with Gasteiger partial charge in [-0.2, -0.15) is 0 Å². The average Bonchev–Trinajstić information content (AvgIpc) is 3.14. The first-order valence-corrected chi connectivity index (χ1v) is 8.97. The fourth-order valence-electron chi connectivity index (χ4n) is 3.20. The number of benzene rings is 1. The number of rotatable bonds is 6. The van der Waals surface area contributed by atoms with Crippen molar-refractivity contribution in [3.8, 4) is 0 Å². The van der Waals surface area contributed by atoms with E-state index >= 15 is 0 Å². The highest BCUT2D eigenvalue weighted by Gasteiger charge is 2.27. The summed E-state index contributed by atoms with van der Waals surface area (Å²) in [4.78, 5) is 7.11. The zero-order chi connectivity index (χ0) is 15.4. The van der Waals surface area contributed by atoms with Gasteiger partial charge >= 0.3 is 0 Å². The van der Waals surface area contributed by atoms with Crippen molar-refractivity contribution in [3.63, 3.8) is 0 Å². The molecule has 1 aliphatic rings. The molecule has 0 unspecified atom stereocenters. The number of aliphatic hydroxyl groups excluding tert-OH is 1. The maximum Gasteiger partial charge on any atom is 0.115 e. The van der Waals surface area contributed by atoms with E-state index in [1.807, 2.05) is 11.3 Å². The van der Waals surface area contributed by atoms with Crippen molar-refractivity contribution in [3.05, 3.63) is 46.6 Å². The van der Waals surface area contributed by atoms with Gasteiger partial charge in [-0.25, -0.2) is 4.98 Å². The minimum Gasteiger partial charge on any atom is -0.394 e. The summed E-state index contributed by atoms with van der Waals surface area (Å²) in [6, 6.07) is 10.9. The molecule has 1 aromatic heterocycles. The molecule has 1 fully saturated rings. The van der Waals surface area contributed by atoms with Crippen molar-refractivity contribution >= 4 is 16.3 Å². The Morgan fingerprint density at radius 2 is 2.09 bits per heavy atom. The van der Waals surface area contributed by atoms with Crippen LogP contribution in [-0.4, -0.2) is 29.3 Å². The molecule has 1 aromatic carbocycles. The van der Waals surface area contributed by atoms with Crippen molar-refractivity contribution in [2.75, 3.05) is 18.1 Å². The lowest BCUT2D eigenvalue weighted by molar-refractivity contribution is 0.266. The van der Waals surface area contributed by atoms with E-state index < -0.39 is 0 Å². The third-order valence-electron chi connectivity index (χ3n) is 4.36. The monoisotopic (exact) mass is 316 g/mol. The van der Waals surface area contributed by atoms with E-state index in [1.165, 1.54) is 22.0 Å². The number of aryl methyl sites for hydroxylation is 3. The van der Waals surface area contributed by atoms with Crippen LogP contribution in [0.4, 0.5) is 5.00 Å². The second-order valence-corrected chi connectivity index (χ2v) is 7.07. The van der Waals surface area contributed by atoms with E-state index in [1.54, 1.807) is 0 Å². The summed E-state index contributed by atoms with van der Waals surface area (Å²) in [6.45, 7) is 3.40. The summed E-state index contributed by atoms with van der Waals surface area (Å²) >= 11 is 1.81. The molecule has 2 aromatic rings. The smallest absolute Gasteiger partial charge is 0.115 e. The molecule has 0 saturated carbocycles. The summed E-state index contributed by atoms with van der Waals surface area (Å²) in [5.41, 5.74) is 2.52. The van der Waals surface area contributed by atoms with Crippen LogP contribution < -0.4 is 4.90 Å².